The molecule has 0 N–H and O–H groups in total. The van der Waals surface area contributed by atoms with E-state index in [2.05, 4.69) is 0 Å². The molecule has 0 saturated carbocycles. The van der Waals surface area contributed by atoms with Crippen LogP contribution in [0.3, 0.4) is 0 Å². The summed E-state index contributed by atoms with van der Waals surface area (Å²) in [6.45, 7) is 0.673. The van der Waals surface area contributed by atoms with E-state index in [0.29, 0.717) is 24.7 Å². The van der Waals surface area contributed by atoms with Gasteiger partial charge >= 0.3 is 5.97 Å². The molecule has 0 aliphatic carbocycles. The lowest BCUT2D eigenvalue weighted by molar-refractivity contribution is -0.131. The predicted molar refractivity (Wildman–Crippen MR) is 76.0 cm³/mol. The van der Waals surface area contributed by atoms with E-state index < -0.39 is 5.97 Å². The van der Waals surface area contributed by atoms with Gasteiger partial charge in [0.25, 0.3) is 5.91 Å². The van der Waals surface area contributed by atoms with Crippen molar-refractivity contribution in [3.05, 3.63) is 22.7 Å². The Morgan fingerprint density at radius 3 is 2.71 bits per heavy atom. The molecule has 1 heterocycles. The number of rotatable bonds is 3. The minimum absolute atomic E-state index is 0.218. The standard InChI is InChI=1S/C14H16ClNO5/c1-16(2)12(17)8-21-14(18)9-6-10(15)13-11(7-9)19-4-3-5-20-13/h6-7H,3-5,8H2,1-2H3. The maximum atomic E-state index is 11.9. The minimum Gasteiger partial charge on any atom is -0.489 e. The van der Waals surface area contributed by atoms with E-state index in [0.717, 1.165) is 6.42 Å². The fraction of sp³-hybridized carbons (Fsp3) is 0.429. The highest BCUT2D eigenvalue weighted by atomic mass is 35.5. The van der Waals surface area contributed by atoms with Crippen LogP contribution in [0.2, 0.25) is 5.02 Å². The average Bonchev–Trinajstić information content (AvgIpc) is 2.69. The van der Waals surface area contributed by atoms with Crippen molar-refractivity contribution < 1.29 is 23.8 Å². The van der Waals surface area contributed by atoms with Crippen LogP contribution in [0.15, 0.2) is 12.1 Å². The first-order valence-corrected chi connectivity index (χ1v) is 6.83. The van der Waals surface area contributed by atoms with Gasteiger partial charge in [0.15, 0.2) is 18.1 Å². The Morgan fingerprint density at radius 1 is 1.29 bits per heavy atom. The summed E-state index contributed by atoms with van der Waals surface area (Å²) in [5.41, 5.74) is 0.218. The van der Waals surface area contributed by atoms with Crippen molar-refractivity contribution in [1.29, 1.82) is 0 Å². The van der Waals surface area contributed by atoms with E-state index in [1.807, 2.05) is 0 Å². The van der Waals surface area contributed by atoms with Crippen molar-refractivity contribution in [3.63, 3.8) is 0 Å². The number of likely N-dealkylation sites (N-methyl/N-ethyl adjacent to an activating group) is 1. The Kier molecular flexibility index (Phi) is 4.90. The van der Waals surface area contributed by atoms with Gasteiger partial charge in [-0.2, -0.15) is 0 Å². The molecular weight excluding hydrogens is 298 g/mol. The highest BCUT2D eigenvalue weighted by Gasteiger charge is 2.19. The van der Waals surface area contributed by atoms with Crippen LogP contribution in [0.5, 0.6) is 11.5 Å². The van der Waals surface area contributed by atoms with Crippen LogP contribution < -0.4 is 9.47 Å². The highest BCUT2D eigenvalue weighted by Crippen LogP contribution is 2.38. The fourth-order valence-electron chi connectivity index (χ4n) is 1.69. The molecule has 0 saturated heterocycles. The minimum atomic E-state index is -0.636. The summed E-state index contributed by atoms with van der Waals surface area (Å²) in [5, 5.41) is 0.278. The molecule has 114 valence electrons. The monoisotopic (exact) mass is 313 g/mol. The third-order valence-electron chi connectivity index (χ3n) is 2.86. The number of esters is 1. The van der Waals surface area contributed by atoms with E-state index in [4.69, 9.17) is 25.8 Å². The number of hydrogen-bond acceptors (Lipinski definition) is 5. The van der Waals surface area contributed by atoms with Crippen LogP contribution >= 0.6 is 11.6 Å². The van der Waals surface area contributed by atoms with E-state index in [1.54, 1.807) is 14.1 Å². The largest absolute Gasteiger partial charge is 0.489 e. The van der Waals surface area contributed by atoms with Crippen molar-refractivity contribution in [3.8, 4) is 11.5 Å². The summed E-state index contributed by atoms with van der Waals surface area (Å²) in [6.07, 6.45) is 0.738. The first kappa shape index (κ1) is 15.4. The molecule has 2 rings (SSSR count). The zero-order valence-corrected chi connectivity index (χ0v) is 12.6. The van der Waals surface area contributed by atoms with E-state index in [-0.39, 0.29) is 23.1 Å². The molecule has 1 aliphatic rings. The van der Waals surface area contributed by atoms with Gasteiger partial charge in [-0.15, -0.1) is 0 Å². The van der Waals surface area contributed by atoms with Crippen LogP contribution in [0.4, 0.5) is 0 Å². The van der Waals surface area contributed by atoms with Crippen LogP contribution in [0.1, 0.15) is 16.8 Å². The Balaban J connectivity index is 2.13. The lowest BCUT2D eigenvalue weighted by Crippen LogP contribution is -2.27. The molecule has 0 unspecified atom stereocenters. The SMILES string of the molecule is CN(C)C(=O)COC(=O)c1cc(Cl)c2c(c1)OCCCO2. The van der Waals surface area contributed by atoms with Gasteiger partial charge in [0, 0.05) is 20.5 Å². The Labute approximate surface area is 127 Å². The Morgan fingerprint density at radius 2 is 2.00 bits per heavy atom. The predicted octanol–water partition coefficient (Wildman–Crippen LogP) is 1.75. The van der Waals surface area contributed by atoms with Gasteiger partial charge in [-0.05, 0) is 12.1 Å². The second-order valence-electron chi connectivity index (χ2n) is 4.70. The molecule has 1 aliphatic heterocycles. The quantitative estimate of drug-likeness (QED) is 0.795. The molecule has 1 aromatic carbocycles. The molecule has 0 bridgehead atoms. The molecular formula is C14H16ClNO5. The van der Waals surface area contributed by atoms with Crippen LogP contribution in [0.25, 0.3) is 0 Å². The number of benzene rings is 1. The summed E-state index contributed by atoms with van der Waals surface area (Å²) >= 11 is 6.09. The third-order valence-corrected chi connectivity index (χ3v) is 3.14. The summed E-state index contributed by atoms with van der Waals surface area (Å²) in [5.74, 6) is -0.104. The number of fused-ring (bicyclic) bond motifs is 1. The topological polar surface area (TPSA) is 65.1 Å². The summed E-state index contributed by atoms with van der Waals surface area (Å²) in [6, 6.07) is 2.95. The summed E-state index contributed by atoms with van der Waals surface area (Å²) < 4.78 is 15.9. The van der Waals surface area contributed by atoms with Crippen molar-refractivity contribution in [2.45, 2.75) is 6.42 Å². The molecule has 0 fully saturated rings. The smallest absolute Gasteiger partial charge is 0.338 e. The lowest BCUT2D eigenvalue weighted by Gasteiger charge is -2.12. The van der Waals surface area contributed by atoms with Gasteiger partial charge in [0.1, 0.15) is 0 Å². The number of carbonyl (C=O) groups excluding carboxylic acids is 2. The van der Waals surface area contributed by atoms with Gasteiger partial charge < -0.3 is 19.1 Å². The molecule has 1 amide bonds. The number of hydrogen-bond donors (Lipinski definition) is 0. The normalized spacial score (nSPS) is 13.3. The average molecular weight is 314 g/mol. The van der Waals surface area contributed by atoms with Crippen LogP contribution in [-0.2, 0) is 9.53 Å². The second kappa shape index (κ2) is 6.67. The molecule has 6 nitrogen and oxygen atoms in total. The van der Waals surface area contributed by atoms with Gasteiger partial charge in [0.05, 0.1) is 23.8 Å². The number of ether oxygens (including phenoxy) is 3. The molecule has 0 atom stereocenters. The number of amides is 1. The second-order valence-corrected chi connectivity index (χ2v) is 5.11. The first-order chi connectivity index (χ1) is 9.99. The van der Waals surface area contributed by atoms with Gasteiger partial charge in [0.2, 0.25) is 0 Å². The molecule has 1 aromatic rings. The van der Waals surface area contributed by atoms with Crippen molar-refractivity contribution in [1.82, 2.24) is 4.90 Å². The van der Waals surface area contributed by atoms with Crippen LogP contribution in [-0.4, -0.2) is 50.7 Å². The van der Waals surface area contributed by atoms with Crippen molar-refractivity contribution in [2.75, 3.05) is 33.9 Å². The highest BCUT2D eigenvalue weighted by molar-refractivity contribution is 6.32. The van der Waals surface area contributed by atoms with E-state index in [1.165, 1.54) is 17.0 Å². The zero-order chi connectivity index (χ0) is 15.4. The van der Waals surface area contributed by atoms with E-state index in [9.17, 15) is 9.59 Å². The van der Waals surface area contributed by atoms with Gasteiger partial charge in [-0.25, -0.2) is 4.79 Å². The molecule has 21 heavy (non-hydrogen) atoms. The maximum Gasteiger partial charge on any atom is 0.338 e. The molecule has 7 heteroatoms. The fourth-order valence-corrected chi connectivity index (χ4v) is 1.95. The maximum absolute atomic E-state index is 11.9. The van der Waals surface area contributed by atoms with Gasteiger partial charge in [-0.3, -0.25) is 4.79 Å². The van der Waals surface area contributed by atoms with Gasteiger partial charge in [-0.1, -0.05) is 11.6 Å². The summed E-state index contributed by atoms with van der Waals surface area (Å²) in [7, 11) is 3.17. The number of nitrogens with zero attached hydrogens (tertiary/aromatic N) is 1. The first-order valence-electron chi connectivity index (χ1n) is 6.45. The van der Waals surface area contributed by atoms with E-state index >= 15 is 0 Å². The van der Waals surface area contributed by atoms with Crippen molar-refractivity contribution in [2.24, 2.45) is 0 Å². The molecule has 0 spiro atoms. The Bertz CT molecular complexity index is 559. The summed E-state index contributed by atoms with van der Waals surface area (Å²) in [4.78, 5) is 24.7. The lowest BCUT2D eigenvalue weighted by atomic mass is 10.2. The Hall–Kier alpha value is -1.95. The third kappa shape index (κ3) is 3.78. The molecule has 0 radical (unpaired) electrons. The van der Waals surface area contributed by atoms with Crippen LogP contribution in [0, 0.1) is 0 Å². The number of halogens is 1. The number of carbonyl (C=O) groups is 2. The zero-order valence-electron chi connectivity index (χ0n) is 11.8. The van der Waals surface area contributed by atoms with Crippen molar-refractivity contribution >= 4 is 23.5 Å². The molecule has 0 aromatic heterocycles.